The minimum absolute atomic E-state index is 0.0671. The molecule has 2 unspecified atom stereocenters. The molecule has 106 valence electrons. The zero-order valence-electron chi connectivity index (χ0n) is 12.2. The van der Waals surface area contributed by atoms with Crippen LogP contribution in [0.2, 0.25) is 5.02 Å². The number of fused-ring (bicyclic) bond motifs is 2. The number of nitrogens with one attached hydrogen (secondary N) is 1. The second-order valence-electron chi connectivity index (χ2n) is 6.73. The number of allylic oxidation sites excluding steroid dienone is 1. The summed E-state index contributed by atoms with van der Waals surface area (Å²) in [6.45, 7) is 6.58. The van der Waals surface area contributed by atoms with Gasteiger partial charge in [-0.15, -0.1) is 0 Å². The Morgan fingerprint density at radius 3 is 2.45 bits per heavy atom. The molecule has 1 aromatic rings. The van der Waals surface area contributed by atoms with Crippen molar-refractivity contribution >= 4 is 23.1 Å². The molecule has 2 saturated carbocycles. The van der Waals surface area contributed by atoms with Gasteiger partial charge in [-0.3, -0.25) is 4.79 Å². The van der Waals surface area contributed by atoms with Crippen molar-refractivity contribution in [2.75, 3.05) is 5.32 Å². The van der Waals surface area contributed by atoms with Gasteiger partial charge in [0.25, 0.3) is 0 Å². The molecule has 0 radical (unpaired) electrons. The minimum atomic E-state index is -0.189. The Bertz CT molecular complexity index is 588. The molecule has 2 aliphatic carbocycles. The van der Waals surface area contributed by atoms with Crippen LogP contribution in [0.25, 0.3) is 0 Å². The summed E-state index contributed by atoms with van der Waals surface area (Å²) in [5.74, 6) is 0.694. The van der Waals surface area contributed by atoms with E-state index in [2.05, 4.69) is 26.1 Å². The zero-order valence-corrected chi connectivity index (χ0v) is 12.9. The highest BCUT2D eigenvalue weighted by Crippen LogP contribution is 2.65. The van der Waals surface area contributed by atoms with E-state index in [1.165, 1.54) is 0 Å². The number of hydrogen-bond acceptors (Lipinski definition) is 2. The van der Waals surface area contributed by atoms with Gasteiger partial charge in [-0.2, -0.15) is 0 Å². The number of benzene rings is 1. The fourth-order valence-corrected chi connectivity index (χ4v) is 3.93. The summed E-state index contributed by atoms with van der Waals surface area (Å²) in [5.41, 5.74) is 1.79. The molecule has 2 aliphatic rings. The van der Waals surface area contributed by atoms with Crippen LogP contribution in [0.4, 0.5) is 5.69 Å². The van der Waals surface area contributed by atoms with E-state index in [-0.39, 0.29) is 10.8 Å². The second kappa shape index (κ2) is 4.36. The smallest absolute Gasteiger partial charge is 0.167 e. The van der Waals surface area contributed by atoms with Gasteiger partial charge in [-0.25, -0.2) is 0 Å². The number of carbonyl (C=O) groups is 1. The number of Topliss-reactive ketones (excluding diaryl/α,β-unsaturated/α-hetero) is 1. The first-order valence-electron chi connectivity index (χ1n) is 7.13. The fraction of sp³-hybridized carbons (Fsp3) is 0.471. The van der Waals surface area contributed by atoms with Crippen LogP contribution < -0.4 is 5.32 Å². The molecule has 0 heterocycles. The monoisotopic (exact) mass is 289 g/mol. The topological polar surface area (TPSA) is 29.1 Å². The predicted octanol–water partition coefficient (Wildman–Crippen LogP) is 4.66. The van der Waals surface area contributed by atoms with Crippen LogP contribution in [-0.2, 0) is 4.79 Å². The SMILES string of the molecule is CC12CCC(C(=CNc3ccc(Cl)cc3)C1=O)C2(C)C. The third-order valence-corrected chi connectivity index (χ3v) is 5.86. The van der Waals surface area contributed by atoms with E-state index in [0.29, 0.717) is 16.7 Å². The molecule has 20 heavy (non-hydrogen) atoms. The van der Waals surface area contributed by atoms with Crippen molar-refractivity contribution in [3.05, 3.63) is 41.1 Å². The van der Waals surface area contributed by atoms with Crippen molar-refractivity contribution in [2.45, 2.75) is 33.6 Å². The number of anilines is 1. The molecule has 2 atom stereocenters. The average molecular weight is 290 g/mol. The number of hydrogen-bond donors (Lipinski definition) is 1. The predicted molar refractivity (Wildman–Crippen MR) is 82.8 cm³/mol. The van der Waals surface area contributed by atoms with Gasteiger partial charge < -0.3 is 5.32 Å². The van der Waals surface area contributed by atoms with Crippen molar-refractivity contribution in [3.63, 3.8) is 0 Å². The van der Waals surface area contributed by atoms with Crippen molar-refractivity contribution in [1.82, 2.24) is 0 Å². The standard InChI is InChI=1S/C17H20ClNO/c1-16(2)14-8-9-17(16,3)15(20)13(14)10-19-12-6-4-11(18)5-7-12/h4-7,10,14,19H,8-9H2,1-3H3. The molecule has 2 nitrogen and oxygen atoms in total. The van der Waals surface area contributed by atoms with Gasteiger partial charge in [-0.05, 0) is 48.4 Å². The van der Waals surface area contributed by atoms with Crippen LogP contribution in [0.15, 0.2) is 36.0 Å². The third kappa shape index (κ3) is 1.74. The molecule has 2 bridgehead atoms. The number of rotatable bonds is 2. The molecular weight excluding hydrogens is 270 g/mol. The highest BCUT2D eigenvalue weighted by atomic mass is 35.5. The quantitative estimate of drug-likeness (QED) is 0.802. The summed E-state index contributed by atoms with van der Waals surface area (Å²) >= 11 is 5.87. The lowest BCUT2D eigenvalue weighted by molar-refractivity contribution is -0.125. The van der Waals surface area contributed by atoms with E-state index in [9.17, 15) is 4.79 Å². The third-order valence-electron chi connectivity index (χ3n) is 5.60. The summed E-state index contributed by atoms with van der Waals surface area (Å²) in [7, 11) is 0. The lowest BCUT2D eigenvalue weighted by Crippen LogP contribution is -2.32. The van der Waals surface area contributed by atoms with Crippen LogP contribution in [0.3, 0.4) is 0 Å². The van der Waals surface area contributed by atoms with Crippen molar-refractivity contribution in [3.8, 4) is 0 Å². The van der Waals surface area contributed by atoms with Crippen LogP contribution in [-0.4, -0.2) is 5.78 Å². The van der Waals surface area contributed by atoms with E-state index in [1.807, 2.05) is 30.5 Å². The highest BCUT2D eigenvalue weighted by molar-refractivity contribution is 6.30. The van der Waals surface area contributed by atoms with Gasteiger partial charge in [0.1, 0.15) is 0 Å². The van der Waals surface area contributed by atoms with Crippen molar-refractivity contribution in [1.29, 1.82) is 0 Å². The van der Waals surface area contributed by atoms with E-state index >= 15 is 0 Å². The van der Waals surface area contributed by atoms with Gasteiger partial charge in [0.15, 0.2) is 5.78 Å². The van der Waals surface area contributed by atoms with Crippen molar-refractivity contribution in [2.24, 2.45) is 16.7 Å². The second-order valence-corrected chi connectivity index (χ2v) is 7.16. The highest BCUT2D eigenvalue weighted by Gasteiger charge is 2.63. The van der Waals surface area contributed by atoms with Crippen molar-refractivity contribution < 1.29 is 4.79 Å². The van der Waals surface area contributed by atoms with Gasteiger partial charge in [0.2, 0.25) is 0 Å². The van der Waals surface area contributed by atoms with E-state index in [4.69, 9.17) is 11.6 Å². The first kappa shape index (κ1) is 13.7. The normalized spacial score (nSPS) is 32.9. The number of halogens is 1. The Hall–Kier alpha value is -1.28. The largest absolute Gasteiger partial charge is 0.361 e. The number of carbonyl (C=O) groups excluding carboxylic acids is 1. The van der Waals surface area contributed by atoms with Gasteiger partial charge in [0.05, 0.1) is 0 Å². The first-order valence-corrected chi connectivity index (χ1v) is 7.51. The summed E-state index contributed by atoms with van der Waals surface area (Å²) in [6, 6.07) is 7.53. The fourth-order valence-electron chi connectivity index (χ4n) is 3.80. The summed E-state index contributed by atoms with van der Waals surface area (Å²) in [6.07, 6.45) is 4.04. The summed E-state index contributed by atoms with van der Waals surface area (Å²) in [4.78, 5) is 12.7. The Labute approximate surface area is 125 Å². The molecule has 0 aromatic heterocycles. The zero-order chi connectivity index (χ0) is 14.5. The first-order chi connectivity index (χ1) is 9.36. The van der Waals surface area contributed by atoms with E-state index in [0.717, 1.165) is 24.1 Å². The summed E-state index contributed by atoms with van der Waals surface area (Å²) in [5, 5.41) is 3.96. The maximum absolute atomic E-state index is 12.7. The Morgan fingerprint density at radius 2 is 1.90 bits per heavy atom. The molecule has 1 aromatic carbocycles. The van der Waals surface area contributed by atoms with Gasteiger partial charge >= 0.3 is 0 Å². The van der Waals surface area contributed by atoms with Crippen LogP contribution in [0.1, 0.15) is 33.6 Å². The van der Waals surface area contributed by atoms with Gasteiger partial charge in [-0.1, -0.05) is 32.4 Å². The van der Waals surface area contributed by atoms with Crippen LogP contribution >= 0.6 is 11.6 Å². The maximum Gasteiger partial charge on any atom is 0.167 e. The Kier molecular flexibility index (Phi) is 2.98. The van der Waals surface area contributed by atoms with Crippen LogP contribution in [0.5, 0.6) is 0 Å². The summed E-state index contributed by atoms with van der Waals surface area (Å²) < 4.78 is 0. The average Bonchev–Trinajstić information content (AvgIpc) is 2.71. The maximum atomic E-state index is 12.7. The van der Waals surface area contributed by atoms with E-state index in [1.54, 1.807) is 0 Å². The lowest BCUT2D eigenvalue weighted by atomic mass is 9.70. The Morgan fingerprint density at radius 1 is 1.25 bits per heavy atom. The molecule has 2 fully saturated rings. The molecule has 0 aliphatic heterocycles. The molecule has 3 heteroatoms. The molecular formula is C17H20ClNO. The van der Waals surface area contributed by atoms with Gasteiger partial charge in [0, 0.05) is 27.9 Å². The molecule has 0 saturated heterocycles. The van der Waals surface area contributed by atoms with E-state index < -0.39 is 0 Å². The molecule has 1 N–H and O–H groups in total. The number of ketones is 1. The Balaban J connectivity index is 1.87. The molecule has 0 amide bonds. The molecule has 0 spiro atoms. The molecule has 3 rings (SSSR count). The van der Waals surface area contributed by atoms with Crippen LogP contribution in [0, 0.1) is 16.7 Å². The lowest BCUT2D eigenvalue weighted by Gasteiger charge is -2.31. The minimum Gasteiger partial charge on any atom is -0.361 e.